The van der Waals surface area contributed by atoms with Crippen LogP contribution in [0.5, 0.6) is 0 Å². The van der Waals surface area contributed by atoms with Crippen LogP contribution in [0.15, 0.2) is 71.7 Å². The third kappa shape index (κ3) is 3.30. The van der Waals surface area contributed by atoms with E-state index in [9.17, 15) is 0 Å². The highest BCUT2D eigenvalue weighted by atomic mass is 15.1. The van der Waals surface area contributed by atoms with E-state index >= 15 is 0 Å². The fraction of sp³-hybridized carbons (Fsp3) is 0.261. The van der Waals surface area contributed by atoms with Gasteiger partial charge in [-0.15, -0.1) is 0 Å². The number of aliphatic imine (C=N–C) groups is 1. The fourth-order valence-corrected chi connectivity index (χ4v) is 3.58. The minimum atomic E-state index is 0.0536. The van der Waals surface area contributed by atoms with Gasteiger partial charge >= 0.3 is 0 Å². The molecule has 0 bridgehead atoms. The molecule has 3 aromatic rings. The van der Waals surface area contributed by atoms with Gasteiger partial charge in [0, 0.05) is 5.56 Å². The number of hydrogen-bond donors (Lipinski definition) is 1. The molecule has 1 heterocycles. The number of nitrogens with zero attached hydrogens (tertiary/aromatic N) is 1. The van der Waals surface area contributed by atoms with E-state index in [1.807, 2.05) is 0 Å². The molecule has 0 atom stereocenters. The molecule has 1 aliphatic rings. The summed E-state index contributed by atoms with van der Waals surface area (Å²) in [5.41, 5.74) is 4.07. The molecule has 0 amide bonds. The molecular formula is C23H24N2. The van der Waals surface area contributed by atoms with Crippen molar-refractivity contribution in [3.63, 3.8) is 0 Å². The molecule has 0 saturated heterocycles. The Kier molecular flexibility index (Phi) is 4.04. The van der Waals surface area contributed by atoms with Crippen LogP contribution in [-0.2, 0) is 12.8 Å². The van der Waals surface area contributed by atoms with Gasteiger partial charge in [0.05, 0.1) is 12.1 Å². The normalized spacial score (nSPS) is 15.8. The molecule has 3 aromatic carbocycles. The molecule has 0 saturated carbocycles. The van der Waals surface area contributed by atoms with Crippen molar-refractivity contribution in [3.05, 3.63) is 83.4 Å². The fourth-order valence-electron chi connectivity index (χ4n) is 3.58. The first-order valence-electron chi connectivity index (χ1n) is 9.00. The van der Waals surface area contributed by atoms with E-state index in [0.717, 1.165) is 25.2 Å². The minimum Gasteiger partial charge on any atom is -0.363 e. The van der Waals surface area contributed by atoms with Gasteiger partial charge in [0.1, 0.15) is 5.84 Å². The van der Waals surface area contributed by atoms with E-state index in [1.54, 1.807) is 0 Å². The second-order valence-electron chi connectivity index (χ2n) is 7.47. The van der Waals surface area contributed by atoms with Crippen LogP contribution in [0.1, 0.15) is 30.5 Å². The maximum absolute atomic E-state index is 4.73. The van der Waals surface area contributed by atoms with E-state index in [-0.39, 0.29) is 5.54 Å². The van der Waals surface area contributed by atoms with Crippen molar-refractivity contribution in [2.24, 2.45) is 4.99 Å². The Morgan fingerprint density at radius 2 is 1.52 bits per heavy atom. The highest BCUT2D eigenvalue weighted by molar-refractivity contribution is 6.01. The van der Waals surface area contributed by atoms with E-state index in [1.165, 1.54) is 27.5 Å². The first-order chi connectivity index (χ1) is 12.1. The van der Waals surface area contributed by atoms with Crippen molar-refractivity contribution in [2.75, 3.05) is 6.54 Å². The number of benzene rings is 3. The Bertz CT molecular complexity index is 932. The zero-order valence-corrected chi connectivity index (χ0v) is 14.9. The van der Waals surface area contributed by atoms with E-state index in [4.69, 9.17) is 4.99 Å². The third-order valence-electron chi connectivity index (χ3n) is 4.91. The van der Waals surface area contributed by atoms with Crippen molar-refractivity contribution in [1.82, 2.24) is 5.32 Å². The minimum absolute atomic E-state index is 0.0536. The van der Waals surface area contributed by atoms with Crippen molar-refractivity contribution in [2.45, 2.75) is 32.2 Å². The van der Waals surface area contributed by atoms with Gasteiger partial charge in [0.2, 0.25) is 0 Å². The summed E-state index contributed by atoms with van der Waals surface area (Å²) in [6.07, 6.45) is 2.06. The van der Waals surface area contributed by atoms with Crippen molar-refractivity contribution >= 4 is 16.6 Å². The smallest absolute Gasteiger partial charge is 0.129 e. The maximum Gasteiger partial charge on any atom is 0.129 e. The average molecular weight is 328 g/mol. The molecule has 126 valence electrons. The Morgan fingerprint density at radius 3 is 2.36 bits per heavy atom. The van der Waals surface area contributed by atoms with Crippen LogP contribution < -0.4 is 5.32 Å². The standard InChI is InChI=1S/C23H24N2/c1-23(2)16-24-22(25-23)21-13-6-4-9-19(21)15-14-18-11-7-10-17-8-3-5-12-20(17)18/h3-13H,14-16H2,1-2H3,(H,24,25). The van der Waals surface area contributed by atoms with Crippen LogP contribution in [0, 0.1) is 0 Å². The average Bonchev–Trinajstić information content (AvgIpc) is 3.00. The van der Waals surface area contributed by atoms with Gasteiger partial charge in [-0.2, -0.15) is 0 Å². The molecule has 1 aliphatic heterocycles. The van der Waals surface area contributed by atoms with Gasteiger partial charge in [-0.25, -0.2) is 0 Å². The molecule has 0 radical (unpaired) electrons. The van der Waals surface area contributed by atoms with Crippen LogP contribution in [-0.4, -0.2) is 17.9 Å². The number of rotatable bonds is 4. The van der Waals surface area contributed by atoms with E-state index in [0.29, 0.717) is 0 Å². The number of amidine groups is 1. The monoisotopic (exact) mass is 328 g/mol. The molecule has 0 aromatic heterocycles. The van der Waals surface area contributed by atoms with Gasteiger partial charge < -0.3 is 5.32 Å². The lowest BCUT2D eigenvalue weighted by Gasteiger charge is -2.19. The Labute approximate surface area is 149 Å². The molecule has 0 spiro atoms. The predicted molar refractivity (Wildman–Crippen MR) is 106 cm³/mol. The zero-order valence-electron chi connectivity index (χ0n) is 14.9. The lowest BCUT2D eigenvalue weighted by molar-refractivity contribution is 0.506. The van der Waals surface area contributed by atoms with Gasteiger partial charge in [0.15, 0.2) is 0 Å². The summed E-state index contributed by atoms with van der Waals surface area (Å²) in [6, 6.07) is 23.9. The second-order valence-corrected chi connectivity index (χ2v) is 7.47. The summed E-state index contributed by atoms with van der Waals surface area (Å²) in [5, 5.41) is 6.24. The molecule has 0 aliphatic carbocycles. The third-order valence-corrected chi connectivity index (χ3v) is 4.91. The van der Waals surface area contributed by atoms with Crippen LogP contribution in [0.2, 0.25) is 0 Å². The number of aryl methyl sites for hydroxylation is 2. The molecule has 0 unspecified atom stereocenters. The van der Waals surface area contributed by atoms with E-state index in [2.05, 4.69) is 85.9 Å². The summed E-state index contributed by atoms with van der Waals surface area (Å²) < 4.78 is 0. The maximum atomic E-state index is 4.73. The molecular weight excluding hydrogens is 304 g/mol. The zero-order chi connectivity index (χ0) is 17.3. The number of hydrogen-bond acceptors (Lipinski definition) is 2. The van der Waals surface area contributed by atoms with Crippen LogP contribution in [0.4, 0.5) is 0 Å². The molecule has 2 heteroatoms. The quantitative estimate of drug-likeness (QED) is 0.734. The van der Waals surface area contributed by atoms with Gasteiger partial charge in [-0.05, 0) is 48.6 Å². The van der Waals surface area contributed by atoms with Crippen LogP contribution >= 0.6 is 0 Å². The summed E-state index contributed by atoms with van der Waals surface area (Å²) in [6.45, 7) is 5.23. The summed E-state index contributed by atoms with van der Waals surface area (Å²) in [5.74, 6) is 1.04. The van der Waals surface area contributed by atoms with E-state index < -0.39 is 0 Å². The molecule has 1 N–H and O–H groups in total. The largest absolute Gasteiger partial charge is 0.363 e. The Hall–Kier alpha value is -2.61. The highest BCUT2D eigenvalue weighted by Crippen LogP contribution is 2.22. The molecule has 2 nitrogen and oxygen atoms in total. The molecule has 0 fully saturated rings. The second kappa shape index (κ2) is 6.36. The van der Waals surface area contributed by atoms with Crippen molar-refractivity contribution in [1.29, 1.82) is 0 Å². The van der Waals surface area contributed by atoms with Gasteiger partial charge in [-0.3, -0.25) is 4.99 Å². The van der Waals surface area contributed by atoms with Crippen LogP contribution in [0.25, 0.3) is 10.8 Å². The number of fused-ring (bicyclic) bond motifs is 1. The lowest BCUT2D eigenvalue weighted by Crippen LogP contribution is -2.40. The van der Waals surface area contributed by atoms with Gasteiger partial charge in [0.25, 0.3) is 0 Å². The highest BCUT2D eigenvalue weighted by Gasteiger charge is 2.26. The first-order valence-corrected chi connectivity index (χ1v) is 9.00. The summed E-state index contributed by atoms with van der Waals surface area (Å²) in [4.78, 5) is 4.73. The Morgan fingerprint density at radius 1 is 0.840 bits per heavy atom. The lowest BCUT2D eigenvalue weighted by atomic mass is 9.96. The van der Waals surface area contributed by atoms with Crippen LogP contribution in [0.3, 0.4) is 0 Å². The number of nitrogens with one attached hydrogen (secondary N) is 1. The predicted octanol–water partition coefficient (Wildman–Crippen LogP) is 4.75. The first kappa shape index (κ1) is 15.9. The van der Waals surface area contributed by atoms with Gasteiger partial charge in [-0.1, -0.05) is 66.7 Å². The Balaban J connectivity index is 1.60. The summed E-state index contributed by atoms with van der Waals surface area (Å²) >= 11 is 0. The SMILES string of the molecule is CC1(C)CN=C(c2ccccc2CCc2cccc3ccccc23)N1. The van der Waals surface area contributed by atoms with Crippen molar-refractivity contribution in [3.8, 4) is 0 Å². The summed E-state index contributed by atoms with van der Waals surface area (Å²) in [7, 11) is 0. The molecule has 4 rings (SSSR count). The topological polar surface area (TPSA) is 24.4 Å². The van der Waals surface area contributed by atoms with Crippen molar-refractivity contribution < 1.29 is 0 Å². The molecule has 25 heavy (non-hydrogen) atoms.